The van der Waals surface area contributed by atoms with E-state index in [4.69, 9.17) is 18.9 Å². The van der Waals surface area contributed by atoms with Gasteiger partial charge in [-0.05, 0) is 43.0 Å². The van der Waals surface area contributed by atoms with Gasteiger partial charge in [-0.1, -0.05) is 48.6 Å². The van der Waals surface area contributed by atoms with Gasteiger partial charge in [0.1, 0.15) is 29.3 Å². The molecule has 0 aromatic heterocycles. The topological polar surface area (TPSA) is 112 Å². The number of methoxy groups -OCH3 is 2. The third kappa shape index (κ3) is 7.04. The number of hydrogen-bond donors (Lipinski definition) is 2. The Bertz CT molecular complexity index is 1090. The van der Waals surface area contributed by atoms with Crippen LogP contribution in [0.1, 0.15) is 34.8 Å². The van der Waals surface area contributed by atoms with Gasteiger partial charge in [-0.2, -0.15) is 0 Å². The molecule has 3 rings (SSSR count). The summed E-state index contributed by atoms with van der Waals surface area (Å²) in [6, 6.07) is 12.8. The maximum Gasteiger partial charge on any atom is 0.342 e. The molecule has 0 saturated carbocycles. The lowest BCUT2D eigenvalue weighted by Crippen LogP contribution is -2.33. The number of ketones is 1. The van der Waals surface area contributed by atoms with Gasteiger partial charge in [-0.3, -0.25) is 4.79 Å². The number of ether oxygens (including phenoxy) is 4. The van der Waals surface area contributed by atoms with E-state index in [9.17, 15) is 19.8 Å². The molecule has 0 bridgehead atoms. The van der Waals surface area contributed by atoms with E-state index in [-0.39, 0.29) is 30.4 Å². The van der Waals surface area contributed by atoms with Crippen molar-refractivity contribution in [3.05, 3.63) is 77.4 Å². The first-order valence-electron chi connectivity index (χ1n) is 11.7. The Morgan fingerprint density at radius 2 is 1.81 bits per heavy atom. The van der Waals surface area contributed by atoms with Gasteiger partial charge in [0, 0.05) is 19.1 Å². The van der Waals surface area contributed by atoms with Crippen LogP contribution in [0.15, 0.2) is 60.7 Å². The fourth-order valence-electron chi connectivity index (χ4n) is 3.88. The van der Waals surface area contributed by atoms with E-state index in [0.717, 1.165) is 5.56 Å². The van der Waals surface area contributed by atoms with Crippen molar-refractivity contribution in [1.29, 1.82) is 0 Å². The molecule has 0 spiro atoms. The van der Waals surface area contributed by atoms with E-state index >= 15 is 0 Å². The van der Waals surface area contributed by atoms with Crippen molar-refractivity contribution in [3.8, 4) is 11.5 Å². The predicted molar refractivity (Wildman–Crippen MR) is 134 cm³/mol. The van der Waals surface area contributed by atoms with Crippen LogP contribution in [0.3, 0.4) is 0 Å². The summed E-state index contributed by atoms with van der Waals surface area (Å²) in [6.07, 6.45) is 2.92. The lowest BCUT2D eigenvalue weighted by Gasteiger charge is -2.23. The van der Waals surface area contributed by atoms with Crippen LogP contribution in [0.5, 0.6) is 11.5 Å². The van der Waals surface area contributed by atoms with Gasteiger partial charge in [-0.15, -0.1) is 0 Å². The van der Waals surface area contributed by atoms with Gasteiger partial charge >= 0.3 is 5.97 Å². The summed E-state index contributed by atoms with van der Waals surface area (Å²) in [6.45, 7) is 1.64. The fraction of sp³-hybridized carbons (Fsp3) is 0.357. The van der Waals surface area contributed by atoms with Crippen molar-refractivity contribution in [3.63, 3.8) is 0 Å². The monoisotopic (exact) mass is 496 g/mol. The number of carbonyl (C=O) groups excluding carboxylic acids is 2. The van der Waals surface area contributed by atoms with Crippen molar-refractivity contribution in [2.75, 3.05) is 21.0 Å². The largest absolute Gasteiger partial charge is 0.497 e. The summed E-state index contributed by atoms with van der Waals surface area (Å²) in [4.78, 5) is 26.0. The number of esters is 1. The van der Waals surface area contributed by atoms with Gasteiger partial charge in [0.05, 0.1) is 13.2 Å². The van der Waals surface area contributed by atoms with E-state index in [2.05, 4.69) is 0 Å². The molecule has 192 valence electrons. The lowest BCUT2D eigenvalue weighted by molar-refractivity contribution is -0.127. The summed E-state index contributed by atoms with van der Waals surface area (Å²) in [5.74, 6) is -0.973. The standard InChI is InChI=1S/C28H32O8/c1-18-20(14-19-8-5-4-6-9-19)12-13-24(30)27(31)23(29)11-7-10-21-15-22(34-3)16-25(35-17-33-2)26(21)28(32)36-18/h4-10,12-13,15-16,18,20,23,27,29,31H,11,14,17H2,1-3H3/b10-7+,13-12-/t18-,20-,23-,27-/m0/s1. The number of benzene rings is 2. The van der Waals surface area contributed by atoms with Gasteiger partial charge in [0.2, 0.25) is 0 Å². The third-order valence-corrected chi connectivity index (χ3v) is 5.93. The van der Waals surface area contributed by atoms with E-state index in [0.29, 0.717) is 17.7 Å². The van der Waals surface area contributed by atoms with E-state index < -0.39 is 30.1 Å². The summed E-state index contributed by atoms with van der Waals surface area (Å²) in [5.41, 5.74) is 1.58. The lowest BCUT2D eigenvalue weighted by atomic mass is 9.93. The first kappa shape index (κ1) is 27.1. The van der Waals surface area contributed by atoms with Crippen LogP contribution in [0.25, 0.3) is 6.08 Å². The zero-order valence-electron chi connectivity index (χ0n) is 20.6. The number of aliphatic hydroxyl groups is 2. The Balaban J connectivity index is 2.06. The maximum absolute atomic E-state index is 13.4. The zero-order valence-corrected chi connectivity index (χ0v) is 20.6. The molecular formula is C28H32O8. The molecule has 1 aliphatic heterocycles. The second-order valence-corrected chi connectivity index (χ2v) is 8.52. The first-order chi connectivity index (χ1) is 17.3. The van der Waals surface area contributed by atoms with Crippen LogP contribution >= 0.6 is 0 Å². The average molecular weight is 497 g/mol. The second kappa shape index (κ2) is 13.0. The number of carbonyl (C=O) groups is 2. The molecule has 0 radical (unpaired) electrons. The number of fused-ring (bicyclic) bond motifs is 1. The van der Waals surface area contributed by atoms with Crippen LogP contribution in [-0.2, 0) is 20.7 Å². The third-order valence-electron chi connectivity index (χ3n) is 5.93. The molecule has 0 amide bonds. The molecule has 8 nitrogen and oxygen atoms in total. The minimum absolute atomic E-state index is 0.0233. The molecule has 0 fully saturated rings. The molecular weight excluding hydrogens is 464 g/mol. The average Bonchev–Trinajstić information content (AvgIpc) is 2.88. The molecule has 36 heavy (non-hydrogen) atoms. The molecule has 8 heteroatoms. The smallest absolute Gasteiger partial charge is 0.342 e. The number of rotatable bonds is 6. The second-order valence-electron chi connectivity index (χ2n) is 8.52. The normalized spacial score (nSPS) is 24.7. The first-order valence-corrected chi connectivity index (χ1v) is 11.7. The zero-order chi connectivity index (χ0) is 26.1. The predicted octanol–water partition coefficient (Wildman–Crippen LogP) is 3.35. The van der Waals surface area contributed by atoms with Gasteiger partial charge in [0.25, 0.3) is 0 Å². The number of aliphatic hydroxyl groups excluding tert-OH is 2. The highest BCUT2D eigenvalue weighted by atomic mass is 16.7. The molecule has 1 heterocycles. The highest BCUT2D eigenvalue weighted by Gasteiger charge is 2.27. The summed E-state index contributed by atoms with van der Waals surface area (Å²) < 4.78 is 21.9. The molecule has 0 saturated heterocycles. The summed E-state index contributed by atoms with van der Waals surface area (Å²) in [7, 11) is 2.95. The number of cyclic esters (lactones) is 1. The van der Waals surface area contributed by atoms with Gasteiger partial charge in [-0.25, -0.2) is 4.79 Å². The van der Waals surface area contributed by atoms with Crippen molar-refractivity contribution >= 4 is 17.8 Å². The summed E-state index contributed by atoms with van der Waals surface area (Å²) >= 11 is 0. The van der Waals surface area contributed by atoms with Crippen LogP contribution in [0.4, 0.5) is 0 Å². The molecule has 2 aromatic rings. The van der Waals surface area contributed by atoms with Crippen molar-refractivity contribution < 1.29 is 38.7 Å². The van der Waals surface area contributed by atoms with Crippen LogP contribution in [0.2, 0.25) is 0 Å². The number of hydrogen-bond acceptors (Lipinski definition) is 8. The maximum atomic E-state index is 13.4. The van der Waals surface area contributed by atoms with Crippen molar-refractivity contribution in [2.24, 2.45) is 5.92 Å². The fourth-order valence-corrected chi connectivity index (χ4v) is 3.88. The molecule has 0 aliphatic carbocycles. The SMILES string of the molecule is COCOc1cc(OC)cc2c1C(=O)O[C@@H](C)[C@H](Cc1ccccc1)/C=C\C(=O)[C@@H](O)[C@@H](O)C/C=C/2. The van der Waals surface area contributed by atoms with E-state index in [1.807, 2.05) is 30.3 Å². The Kier molecular flexibility index (Phi) is 9.81. The molecule has 1 aliphatic rings. The van der Waals surface area contributed by atoms with E-state index in [1.165, 1.54) is 20.3 Å². The van der Waals surface area contributed by atoms with Crippen LogP contribution < -0.4 is 9.47 Å². The quantitative estimate of drug-likeness (QED) is 0.463. The molecule has 2 N–H and O–H groups in total. The molecule has 2 aromatic carbocycles. The minimum atomic E-state index is -1.59. The Hall–Kier alpha value is -3.46. The molecule has 0 unspecified atom stereocenters. The van der Waals surface area contributed by atoms with Crippen LogP contribution in [0, 0.1) is 5.92 Å². The highest BCUT2D eigenvalue weighted by molar-refractivity contribution is 5.97. The van der Waals surface area contributed by atoms with Crippen molar-refractivity contribution in [2.45, 2.75) is 38.1 Å². The Labute approximate surface area is 210 Å². The van der Waals surface area contributed by atoms with E-state index in [1.54, 1.807) is 37.3 Å². The summed E-state index contributed by atoms with van der Waals surface area (Å²) in [5, 5.41) is 20.7. The minimum Gasteiger partial charge on any atom is -0.497 e. The van der Waals surface area contributed by atoms with Crippen LogP contribution in [-0.4, -0.2) is 61.3 Å². The van der Waals surface area contributed by atoms with Crippen molar-refractivity contribution in [1.82, 2.24) is 0 Å². The molecule has 4 atom stereocenters. The van der Waals surface area contributed by atoms with Gasteiger partial charge in [0.15, 0.2) is 12.6 Å². The van der Waals surface area contributed by atoms with Gasteiger partial charge < -0.3 is 29.2 Å². The Morgan fingerprint density at radius 3 is 2.50 bits per heavy atom. The highest BCUT2D eigenvalue weighted by Crippen LogP contribution is 2.32. The Morgan fingerprint density at radius 1 is 1.06 bits per heavy atom.